The van der Waals surface area contributed by atoms with Crippen LogP contribution < -0.4 is 0 Å². The zero-order valence-corrected chi connectivity index (χ0v) is 8.82. The molecular formula is C9H17NO4. The van der Waals surface area contributed by atoms with Crippen LogP contribution in [-0.2, 0) is 14.3 Å². The van der Waals surface area contributed by atoms with Crippen molar-refractivity contribution in [2.75, 3.05) is 26.8 Å². The molecule has 5 nitrogen and oxygen atoms in total. The predicted octanol–water partition coefficient (Wildman–Crippen LogP) is -0.411. The van der Waals surface area contributed by atoms with Gasteiger partial charge in [-0.25, -0.2) is 4.79 Å². The lowest BCUT2D eigenvalue weighted by molar-refractivity contribution is -0.184. The van der Waals surface area contributed by atoms with E-state index in [0.29, 0.717) is 13.2 Å². The van der Waals surface area contributed by atoms with E-state index in [1.807, 2.05) is 0 Å². The average molecular weight is 203 g/mol. The highest BCUT2D eigenvalue weighted by molar-refractivity contribution is 5.75. The summed E-state index contributed by atoms with van der Waals surface area (Å²) in [6, 6.07) is 0. The second-order valence-corrected chi connectivity index (χ2v) is 3.48. The van der Waals surface area contributed by atoms with E-state index in [0.717, 1.165) is 0 Å². The second kappa shape index (κ2) is 4.25. The molecule has 1 N–H and O–H groups in total. The quantitative estimate of drug-likeness (QED) is 0.632. The highest BCUT2D eigenvalue weighted by atomic mass is 16.6. The van der Waals surface area contributed by atoms with Gasteiger partial charge in [0.25, 0.3) is 0 Å². The Hall–Kier alpha value is -0.650. The van der Waals surface area contributed by atoms with Gasteiger partial charge in [-0.3, -0.25) is 4.90 Å². The molecule has 5 heteroatoms. The molecule has 0 aromatic carbocycles. The van der Waals surface area contributed by atoms with Crippen molar-refractivity contribution in [3.8, 4) is 0 Å². The average Bonchev–Trinajstić information content (AvgIpc) is 2.47. The first-order valence-corrected chi connectivity index (χ1v) is 4.72. The van der Waals surface area contributed by atoms with Gasteiger partial charge in [-0.05, 0) is 20.9 Å². The van der Waals surface area contributed by atoms with Gasteiger partial charge in [0.1, 0.15) is 0 Å². The van der Waals surface area contributed by atoms with E-state index in [2.05, 4.69) is 0 Å². The van der Waals surface area contributed by atoms with Crippen molar-refractivity contribution in [1.82, 2.24) is 4.90 Å². The molecule has 1 aliphatic rings. The minimum atomic E-state index is -1.25. The third-order valence-electron chi connectivity index (χ3n) is 2.60. The molecule has 1 aliphatic heterocycles. The van der Waals surface area contributed by atoms with Crippen molar-refractivity contribution in [1.29, 1.82) is 0 Å². The summed E-state index contributed by atoms with van der Waals surface area (Å²) in [5.41, 5.74) is -0.952. The van der Waals surface area contributed by atoms with Gasteiger partial charge in [-0.2, -0.15) is 0 Å². The molecule has 0 radical (unpaired) electrons. The van der Waals surface area contributed by atoms with Crippen molar-refractivity contribution < 1.29 is 19.4 Å². The van der Waals surface area contributed by atoms with Gasteiger partial charge >= 0.3 is 5.97 Å². The Morgan fingerprint density at radius 3 is 2.86 bits per heavy atom. The topological polar surface area (TPSA) is 59.0 Å². The van der Waals surface area contributed by atoms with Crippen LogP contribution in [0.1, 0.15) is 13.8 Å². The van der Waals surface area contributed by atoms with Crippen molar-refractivity contribution in [2.45, 2.75) is 25.7 Å². The molecule has 82 valence electrons. The number of aliphatic hydroxyl groups is 1. The number of carbonyl (C=O) groups is 1. The molecule has 1 rings (SSSR count). The summed E-state index contributed by atoms with van der Waals surface area (Å²) in [6.07, 6.45) is -1.25. The smallest absolute Gasteiger partial charge is 0.339 e. The number of hydrogen-bond donors (Lipinski definition) is 1. The van der Waals surface area contributed by atoms with Gasteiger partial charge in [0.2, 0.25) is 0 Å². The van der Waals surface area contributed by atoms with Crippen LogP contribution in [0.4, 0.5) is 0 Å². The monoisotopic (exact) mass is 203 g/mol. The van der Waals surface area contributed by atoms with E-state index < -0.39 is 17.8 Å². The summed E-state index contributed by atoms with van der Waals surface area (Å²) in [4.78, 5) is 13.1. The predicted molar refractivity (Wildman–Crippen MR) is 49.6 cm³/mol. The minimum absolute atomic E-state index is 0.260. The SMILES string of the molecule is CCOC(=O)C(O)C1(C)OCCN1C. The maximum absolute atomic E-state index is 11.3. The van der Waals surface area contributed by atoms with Crippen LogP contribution in [0.2, 0.25) is 0 Å². The second-order valence-electron chi connectivity index (χ2n) is 3.48. The molecule has 0 saturated carbocycles. The van der Waals surface area contributed by atoms with Crippen LogP contribution in [0.5, 0.6) is 0 Å². The minimum Gasteiger partial charge on any atom is -0.464 e. The number of nitrogens with zero attached hydrogens (tertiary/aromatic N) is 1. The molecule has 14 heavy (non-hydrogen) atoms. The third-order valence-corrected chi connectivity index (χ3v) is 2.60. The Morgan fingerprint density at radius 2 is 2.43 bits per heavy atom. The molecular weight excluding hydrogens is 186 g/mol. The molecule has 0 aromatic rings. The lowest BCUT2D eigenvalue weighted by atomic mass is 10.1. The van der Waals surface area contributed by atoms with E-state index in [9.17, 15) is 9.90 Å². The van der Waals surface area contributed by atoms with Gasteiger partial charge in [0.05, 0.1) is 13.2 Å². The van der Waals surface area contributed by atoms with Crippen molar-refractivity contribution in [3.05, 3.63) is 0 Å². The summed E-state index contributed by atoms with van der Waals surface area (Å²) < 4.78 is 10.1. The first-order valence-electron chi connectivity index (χ1n) is 4.72. The highest BCUT2D eigenvalue weighted by Crippen LogP contribution is 2.25. The zero-order valence-electron chi connectivity index (χ0n) is 8.82. The first kappa shape index (κ1) is 11.4. The molecule has 0 amide bonds. The molecule has 1 fully saturated rings. The number of carbonyl (C=O) groups excluding carboxylic acids is 1. The van der Waals surface area contributed by atoms with E-state index >= 15 is 0 Å². The van der Waals surface area contributed by atoms with Gasteiger partial charge in [0, 0.05) is 6.54 Å². The summed E-state index contributed by atoms with van der Waals surface area (Å²) in [5, 5.41) is 9.74. The van der Waals surface area contributed by atoms with Crippen molar-refractivity contribution in [2.24, 2.45) is 0 Å². The molecule has 2 atom stereocenters. The van der Waals surface area contributed by atoms with Gasteiger partial charge in [-0.1, -0.05) is 0 Å². The summed E-state index contributed by atoms with van der Waals surface area (Å²) in [7, 11) is 1.80. The van der Waals surface area contributed by atoms with Gasteiger partial charge in [0.15, 0.2) is 11.8 Å². The number of ether oxygens (including phenoxy) is 2. The van der Waals surface area contributed by atoms with Crippen LogP contribution in [0.3, 0.4) is 0 Å². The van der Waals surface area contributed by atoms with E-state index in [1.165, 1.54) is 0 Å². The molecule has 2 unspecified atom stereocenters. The lowest BCUT2D eigenvalue weighted by Gasteiger charge is -2.33. The standard InChI is InChI=1S/C9H17NO4/c1-4-13-8(12)7(11)9(2)10(3)5-6-14-9/h7,11H,4-6H2,1-3H3. The summed E-state index contributed by atoms with van der Waals surface area (Å²) in [5.74, 6) is -0.635. The Kier molecular flexibility index (Phi) is 3.47. The molecule has 0 aromatic heterocycles. The number of aliphatic hydroxyl groups excluding tert-OH is 1. The van der Waals surface area contributed by atoms with Crippen LogP contribution in [0.25, 0.3) is 0 Å². The van der Waals surface area contributed by atoms with Crippen molar-refractivity contribution in [3.63, 3.8) is 0 Å². The van der Waals surface area contributed by atoms with E-state index in [1.54, 1.807) is 25.8 Å². The summed E-state index contributed by atoms with van der Waals surface area (Å²) in [6.45, 7) is 4.86. The fourth-order valence-corrected chi connectivity index (χ4v) is 1.45. The largest absolute Gasteiger partial charge is 0.464 e. The molecule has 0 aliphatic carbocycles. The van der Waals surface area contributed by atoms with Crippen LogP contribution in [0, 0.1) is 0 Å². The molecule has 1 saturated heterocycles. The van der Waals surface area contributed by atoms with Crippen molar-refractivity contribution >= 4 is 5.97 Å². The molecule has 0 spiro atoms. The van der Waals surface area contributed by atoms with Gasteiger partial charge in [-0.15, -0.1) is 0 Å². The zero-order chi connectivity index (χ0) is 10.8. The number of hydrogen-bond acceptors (Lipinski definition) is 5. The Bertz CT molecular complexity index is 221. The normalized spacial score (nSPS) is 30.3. The lowest BCUT2D eigenvalue weighted by Crippen LogP contribution is -2.53. The molecule has 0 bridgehead atoms. The highest BCUT2D eigenvalue weighted by Gasteiger charge is 2.46. The van der Waals surface area contributed by atoms with Crippen LogP contribution in [0.15, 0.2) is 0 Å². The van der Waals surface area contributed by atoms with Gasteiger partial charge < -0.3 is 14.6 Å². The van der Waals surface area contributed by atoms with Crippen LogP contribution in [-0.4, -0.2) is 54.6 Å². The Balaban J connectivity index is 2.66. The maximum Gasteiger partial charge on any atom is 0.339 e. The Morgan fingerprint density at radius 1 is 1.79 bits per heavy atom. The maximum atomic E-state index is 11.3. The Labute approximate surface area is 83.6 Å². The first-order chi connectivity index (χ1) is 6.52. The summed E-state index contributed by atoms with van der Waals surface area (Å²) >= 11 is 0. The third kappa shape index (κ3) is 1.89. The molecule has 1 heterocycles. The number of likely N-dealkylation sites (N-methyl/N-ethyl adjacent to an activating group) is 1. The van der Waals surface area contributed by atoms with E-state index in [4.69, 9.17) is 9.47 Å². The fourth-order valence-electron chi connectivity index (χ4n) is 1.45. The number of esters is 1. The number of rotatable bonds is 3. The van der Waals surface area contributed by atoms with Crippen LogP contribution >= 0.6 is 0 Å². The van der Waals surface area contributed by atoms with E-state index in [-0.39, 0.29) is 6.61 Å². The fraction of sp³-hybridized carbons (Fsp3) is 0.889.